The van der Waals surface area contributed by atoms with Gasteiger partial charge in [0.05, 0.1) is 19.9 Å². The highest BCUT2D eigenvalue weighted by Gasteiger charge is 2.00. The van der Waals surface area contributed by atoms with Gasteiger partial charge in [-0.25, -0.2) is 9.78 Å². The molecule has 0 atom stereocenters. The molecule has 1 aromatic rings. The molecule has 0 unspecified atom stereocenters. The third-order valence-corrected chi connectivity index (χ3v) is 1.58. The summed E-state index contributed by atoms with van der Waals surface area (Å²) in [5, 5.41) is 0. The normalized spacial score (nSPS) is 8.67. The SMILES string of the molecule is COC(=O)C#Cc1nc(OC)ccc1N. The van der Waals surface area contributed by atoms with Gasteiger partial charge in [-0.15, -0.1) is 0 Å². The van der Waals surface area contributed by atoms with E-state index in [0.29, 0.717) is 17.3 Å². The lowest BCUT2D eigenvalue weighted by Gasteiger charge is -2.00. The molecule has 15 heavy (non-hydrogen) atoms. The standard InChI is InChI=1S/C10H10N2O3/c1-14-9-5-3-7(11)8(12-9)4-6-10(13)15-2/h3,5H,11H2,1-2H3. The van der Waals surface area contributed by atoms with Gasteiger partial charge >= 0.3 is 5.97 Å². The van der Waals surface area contributed by atoms with E-state index in [-0.39, 0.29) is 0 Å². The zero-order chi connectivity index (χ0) is 11.3. The summed E-state index contributed by atoms with van der Waals surface area (Å²) in [7, 11) is 2.73. The average molecular weight is 206 g/mol. The van der Waals surface area contributed by atoms with Crippen molar-refractivity contribution in [3.05, 3.63) is 17.8 Å². The Hall–Kier alpha value is -2.22. The summed E-state index contributed by atoms with van der Waals surface area (Å²) in [6, 6.07) is 3.21. The highest BCUT2D eigenvalue weighted by atomic mass is 16.5. The molecule has 0 spiro atoms. The molecule has 0 fully saturated rings. The molecular formula is C10H10N2O3. The smallest absolute Gasteiger partial charge is 0.384 e. The van der Waals surface area contributed by atoms with Crippen molar-refractivity contribution in [1.82, 2.24) is 4.98 Å². The van der Waals surface area contributed by atoms with Crippen LogP contribution in [0.15, 0.2) is 12.1 Å². The van der Waals surface area contributed by atoms with Crippen LogP contribution in [0.5, 0.6) is 5.88 Å². The number of aromatic nitrogens is 1. The maximum absolute atomic E-state index is 10.8. The second-order valence-electron chi connectivity index (χ2n) is 2.53. The molecule has 0 aliphatic carbocycles. The van der Waals surface area contributed by atoms with Gasteiger partial charge in [-0.1, -0.05) is 0 Å². The number of hydrogen-bond acceptors (Lipinski definition) is 5. The molecule has 0 radical (unpaired) electrons. The van der Waals surface area contributed by atoms with Gasteiger partial charge in [-0.05, 0) is 12.0 Å². The molecule has 78 valence electrons. The fraction of sp³-hybridized carbons (Fsp3) is 0.200. The molecular weight excluding hydrogens is 196 g/mol. The van der Waals surface area contributed by atoms with Crippen molar-refractivity contribution in [1.29, 1.82) is 0 Å². The van der Waals surface area contributed by atoms with Crippen LogP contribution in [0.25, 0.3) is 0 Å². The third-order valence-electron chi connectivity index (χ3n) is 1.58. The molecule has 1 aromatic heterocycles. The van der Waals surface area contributed by atoms with Crippen LogP contribution < -0.4 is 10.5 Å². The summed E-state index contributed by atoms with van der Waals surface area (Å²) in [5.74, 6) is 4.48. The zero-order valence-corrected chi connectivity index (χ0v) is 8.40. The summed E-state index contributed by atoms with van der Waals surface area (Å²) in [5.41, 5.74) is 6.27. The molecule has 2 N–H and O–H groups in total. The van der Waals surface area contributed by atoms with Gasteiger partial charge in [0.25, 0.3) is 0 Å². The van der Waals surface area contributed by atoms with E-state index in [1.54, 1.807) is 12.1 Å². The van der Waals surface area contributed by atoms with E-state index in [2.05, 4.69) is 21.6 Å². The van der Waals surface area contributed by atoms with E-state index in [1.165, 1.54) is 14.2 Å². The van der Waals surface area contributed by atoms with E-state index in [4.69, 9.17) is 10.5 Å². The molecule has 0 aliphatic rings. The van der Waals surface area contributed by atoms with Crippen molar-refractivity contribution in [2.24, 2.45) is 0 Å². The summed E-state index contributed by atoms with van der Waals surface area (Å²) in [6.45, 7) is 0. The van der Waals surface area contributed by atoms with Crippen LogP contribution in [0.3, 0.4) is 0 Å². The largest absolute Gasteiger partial charge is 0.481 e. The van der Waals surface area contributed by atoms with E-state index in [0.717, 1.165) is 0 Å². The molecule has 1 rings (SSSR count). The van der Waals surface area contributed by atoms with E-state index in [1.807, 2.05) is 0 Å². The number of nitrogens with zero attached hydrogens (tertiary/aromatic N) is 1. The number of pyridine rings is 1. The van der Waals surface area contributed by atoms with Crippen molar-refractivity contribution in [2.75, 3.05) is 20.0 Å². The highest BCUT2D eigenvalue weighted by Crippen LogP contribution is 2.13. The Bertz CT molecular complexity index is 432. The Morgan fingerprint density at radius 1 is 1.47 bits per heavy atom. The van der Waals surface area contributed by atoms with Crippen molar-refractivity contribution in [3.8, 4) is 17.7 Å². The van der Waals surface area contributed by atoms with Gasteiger partial charge in [-0.3, -0.25) is 0 Å². The Balaban J connectivity index is 3.01. The van der Waals surface area contributed by atoms with Crippen molar-refractivity contribution < 1.29 is 14.3 Å². The van der Waals surface area contributed by atoms with Crippen molar-refractivity contribution in [3.63, 3.8) is 0 Å². The number of nitrogen functional groups attached to an aromatic ring is 1. The Labute approximate surface area is 87.2 Å². The number of rotatable bonds is 1. The zero-order valence-electron chi connectivity index (χ0n) is 8.40. The van der Waals surface area contributed by atoms with E-state index < -0.39 is 5.97 Å². The second kappa shape index (κ2) is 4.86. The molecule has 1 heterocycles. The predicted octanol–water partition coefficient (Wildman–Crippen LogP) is 0.197. The first kappa shape index (κ1) is 10.9. The molecule has 0 saturated carbocycles. The fourth-order valence-corrected chi connectivity index (χ4v) is 0.827. The molecule has 0 bridgehead atoms. The van der Waals surface area contributed by atoms with E-state index in [9.17, 15) is 4.79 Å². The molecule has 0 aliphatic heterocycles. The molecule has 5 heteroatoms. The number of nitrogens with two attached hydrogens (primary N) is 1. The number of esters is 1. The Morgan fingerprint density at radius 2 is 2.20 bits per heavy atom. The minimum atomic E-state index is -0.640. The predicted molar refractivity (Wildman–Crippen MR) is 54.1 cm³/mol. The van der Waals surface area contributed by atoms with Crippen LogP contribution >= 0.6 is 0 Å². The van der Waals surface area contributed by atoms with Crippen LogP contribution in [0.4, 0.5) is 5.69 Å². The van der Waals surface area contributed by atoms with E-state index >= 15 is 0 Å². The lowest BCUT2D eigenvalue weighted by atomic mass is 10.3. The molecule has 0 amide bonds. The van der Waals surface area contributed by atoms with Crippen molar-refractivity contribution in [2.45, 2.75) is 0 Å². The quantitative estimate of drug-likeness (QED) is 0.524. The van der Waals surface area contributed by atoms with Gasteiger partial charge in [0.2, 0.25) is 5.88 Å². The van der Waals surface area contributed by atoms with Crippen LogP contribution in [0.1, 0.15) is 5.69 Å². The van der Waals surface area contributed by atoms with Crippen LogP contribution in [-0.4, -0.2) is 25.2 Å². The van der Waals surface area contributed by atoms with Gasteiger partial charge in [-0.2, -0.15) is 0 Å². The van der Waals surface area contributed by atoms with Crippen LogP contribution in [-0.2, 0) is 9.53 Å². The van der Waals surface area contributed by atoms with Gasteiger partial charge < -0.3 is 15.2 Å². The average Bonchev–Trinajstić information content (AvgIpc) is 2.27. The number of hydrogen-bond donors (Lipinski definition) is 1. The molecule has 5 nitrogen and oxygen atoms in total. The first-order chi connectivity index (χ1) is 7.17. The topological polar surface area (TPSA) is 74.4 Å². The minimum absolute atomic E-state index is 0.291. The lowest BCUT2D eigenvalue weighted by molar-refractivity contribution is -0.133. The summed E-state index contributed by atoms with van der Waals surface area (Å²) in [6.07, 6.45) is 0. The van der Waals surface area contributed by atoms with Crippen molar-refractivity contribution >= 4 is 11.7 Å². The maximum Gasteiger partial charge on any atom is 0.384 e. The van der Waals surface area contributed by atoms with Gasteiger partial charge in [0, 0.05) is 12.0 Å². The summed E-state index contributed by atoms with van der Waals surface area (Å²) in [4.78, 5) is 14.7. The fourth-order valence-electron chi connectivity index (χ4n) is 0.827. The van der Waals surface area contributed by atoms with Gasteiger partial charge in [0.1, 0.15) is 5.69 Å². The summed E-state index contributed by atoms with van der Waals surface area (Å²) >= 11 is 0. The number of carbonyl (C=O) groups excluding carboxylic acids is 1. The Kier molecular flexibility index (Phi) is 3.52. The Morgan fingerprint density at radius 3 is 2.80 bits per heavy atom. The monoisotopic (exact) mass is 206 g/mol. The van der Waals surface area contributed by atoms with Crippen LogP contribution in [0, 0.1) is 11.8 Å². The number of methoxy groups -OCH3 is 2. The maximum atomic E-state index is 10.8. The minimum Gasteiger partial charge on any atom is -0.481 e. The number of carbonyl (C=O) groups is 1. The first-order valence-electron chi connectivity index (χ1n) is 4.08. The second-order valence-corrected chi connectivity index (χ2v) is 2.53. The highest BCUT2D eigenvalue weighted by molar-refractivity contribution is 5.89. The number of ether oxygens (including phenoxy) is 2. The first-order valence-corrected chi connectivity index (χ1v) is 4.08. The molecule has 0 saturated heterocycles. The third kappa shape index (κ3) is 2.88. The molecule has 0 aromatic carbocycles. The summed E-state index contributed by atoms with van der Waals surface area (Å²) < 4.78 is 9.25. The lowest BCUT2D eigenvalue weighted by Crippen LogP contribution is -1.98. The van der Waals surface area contributed by atoms with Crippen LogP contribution in [0.2, 0.25) is 0 Å². The van der Waals surface area contributed by atoms with Gasteiger partial charge in [0.15, 0.2) is 0 Å². The number of anilines is 1.